The molecule has 0 saturated heterocycles. The molecule has 0 bridgehead atoms. The highest BCUT2D eigenvalue weighted by molar-refractivity contribution is 6.28. The van der Waals surface area contributed by atoms with Crippen LogP contribution in [-0.4, -0.2) is 9.97 Å². The third-order valence-corrected chi connectivity index (χ3v) is 7.96. The van der Waals surface area contributed by atoms with Crippen molar-refractivity contribution >= 4 is 32.3 Å². The lowest BCUT2D eigenvalue weighted by Crippen LogP contribution is -1.93. The summed E-state index contributed by atoms with van der Waals surface area (Å²) in [4.78, 5) is 9.38. The molecule has 0 N–H and O–H groups in total. The van der Waals surface area contributed by atoms with Crippen LogP contribution in [-0.2, 0) is 0 Å². The maximum atomic E-state index is 4.69. The zero-order valence-corrected chi connectivity index (χ0v) is 21.8. The van der Waals surface area contributed by atoms with Crippen molar-refractivity contribution in [3.05, 3.63) is 146 Å². The summed E-state index contributed by atoms with van der Waals surface area (Å²) < 4.78 is 0. The Hall–Kier alpha value is -5.34. The highest BCUT2D eigenvalue weighted by Crippen LogP contribution is 2.44. The molecule has 186 valence electrons. The van der Waals surface area contributed by atoms with Gasteiger partial charge in [-0.2, -0.15) is 0 Å². The van der Waals surface area contributed by atoms with Crippen LogP contribution in [0.3, 0.4) is 0 Å². The average Bonchev–Trinajstić information content (AvgIpc) is 3.04. The van der Waals surface area contributed by atoms with E-state index in [4.69, 9.17) is 9.97 Å². The Morgan fingerprint density at radius 2 is 0.800 bits per heavy atom. The van der Waals surface area contributed by atoms with Gasteiger partial charge in [0.2, 0.25) is 0 Å². The van der Waals surface area contributed by atoms with Crippen LogP contribution in [0.25, 0.3) is 76.8 Å². The number of pyridine rings is 2. The molecule has 6 aromatic carbocycles. The summed E-state index contributed by atoms with van der Waals surface area (Å²) in [5, 5.41) is 7.58. The van der Waals surface area contributed by atoms with E-state index in [-0.39, 0.29) is 0 Å². The third-order valence-electron chi connectivity index (χ3n) is 7.96. The van der Waals surface area contributed by atoms with E-state index in [1.54, 1.807) is 0 Å². The van der Waals surface area contributed by atoms with Gasteiger partial charge >= 0.3 is 0 Å². The predicted molar refractivity (Wildman–Crippen MR) is 167 cm³/mol. The van der Waals surface area contributed by atoms with E-state index in [0.717, 1.165) is 33.4 Å². The first-order valence-electron chi connectivity index (χ1n) is 13.6. The minimum atomic E-state index is 1.10. The fourth-order valence-electron chi connectivity index (χ4n) is 6.06. The van der Waals surface area contributed by atoms with Crippen LogP contribution in [0.5, 0.6) is 0 Å². The SMILES string of the molecule is c1ccc(-c2cncc(-c3cc(-c4cncc(-c5ccccc5)c4)c4ccc5cccc6ccc3c4c65)c2)cc1. The Labute approximate surface area is 232 Å². The highest BCUT2D eigenvalue weighted by Gasteiger charge is 2.17. The highest BCUT2D eigenvalue weighted by atomic mass is 14.6. The van der Waals surface area contributed by atoms with Gasteiger partial charge in [0.25, 0.3) is 0 Å². The monoisotopic (exact) mass is 508 g/mol. The van der Waals surface area contributed by atoms with Crippen LogP contribution in [0.15, 0.2) is 146 Å². The number of aromatic nitrogens is 2. The average molecular weight is 509 g/mol. The first-order valence-corrected chi connectivity index (χ1v) is 13.6. The van der Waals surface area contributed by atoms with Gasteiger partial charge in [-0.1, -0.05) is 103 Å². The fourth-order valence-corrected chi connectivity index (χ4v) is 6.06. The summed E-state index contributed by atoms with van der Waals surface area (Å²) in [5.41, 5.74) is 9.10. The Morgan fingerprint density at radius 1 is 0.325 bits per heavy atom. The van der Waals surface area contributed by atoms with Gasteiger partial charge in [-0.3, -0.25) is 9.97 Å². The molecule has 2 aromatic heterocycles. The molecule has 0 atom stereocenters. The van der Waals surface area contributed by atoms with Gasteiger partial charge in [-0.05, 0) is 72.8 Å². The molecular formula is C38H24N2. The van der Waals surface area contributed by atoms with Crippen molar-refractivity contribution in [2.24, 2.45) is 0 Å². The molecule has 8 rings (SSSR count). The number of nitrogens with zero attached hydrogens (tertiary/aromatic N) is 2. The second kappa shape index (κ2) is 9.14. The van der Waals surface area contributed by atoms with Crippen LogP contribution in [0.4, 0.5) is 0 Å². The maximum Gasteiger partial charge on any atom is 0.0347 e. The molecular weight excluding hydrogens is 484 g/mol. The second-order valence-electron chi connectivity index (χ2n) is 10.3. The van der Waals surface area contributed by atoms with Crippen LogP contribution in [0, 0.1) is 0 Å². The molecule has 2 heteroatoms. The Balaban J connectivity index is 1.44. The normalized spacial score (nSPS) is 11.5. The van der Waals surface area contributed by atoms with Gasteiger partial charge in [0, 0.05) is 47.0 Å². The summed E-state index contributed by atoms with van der Waals surface area (Å²) >= 11 is 0. The number of benzene rings is 6. The molecule has 0 amide bonds. The largest absolute Gasteiger partial charge is 0.263 e. The van der Waals surface area contributed by atoms with Gasteiger partial charge in [-0.25, -0.2) is 0 Å². The van der Waals surface area contributed by atoms with Gasteiger partial charge < -0.3 is 0 Å². The Kier molecular flexibility index (Phi) is 5.17. The molecule has 0 aliphatic carbocycles. The molecule has 0 aliphatic rings. The van der Waals surface area contributed by atoms with Crippen molar-refractivity contribution in [1.82, 2.24) is 9.97 Å². The zero-order chi connectivity index (χ0) is 26.5. The van der Waals surface area contributed by atoms with Crippen molar-refractivity contribution in [2.75, 3.05) is 0 Å². The van der Waals surface area contributed by atoms with E-state index in [9.17, 15) is 0 Å². The third kappa shape index (κ3) is 3.65. The molecule has 8 aromatic rings. The van der Waals surface area contributed by atoms with E-state index in [0.29, 0.717) is 0 Å². The molecule has 2 nitrogen and oxygen atoms in total. The Bertz CT molecular complexity index is 2000. The summed E-state index contributed by atoms with van der Waals surface area (Å²) in [7, 11) is 0. The van der Waals surface area contributed by atoms with Crippen molar-refractivity contribution in [1.29, 1.82) is 0 Å². The quantitative estimate of drug-likeness (QED) is 0.221. The summed E-state index contributed by atoms with van der Waals surface area (Å²) in [6.07, 6.45) is 7.87. The smallest absolute Gasteiger partial charge is 0.0347 e. The summed E-state index contributed by atoms with van der Waals surface area (Å²) in [5.74, 6) is 0. The topological polar surface area (TPSA) is 25.8 Å². The van der Waals surface area contributed by atoms with E-state index >= 15 is 0 Å². The van der Waals surface area contributed by atoms with Gasteiger partial charge in [0.1, 0.15) is 0 Å². The van der Waals surface area contributed by atoms with Gasteiger partial charge in [0.15, 0.2) is 0 Å². The van der Waals surface area contributed by atoms with Gasteiger partial charge in [-0.15, -0.1) is 0 Å². The first kappa shape index (κ1) is 22.6. The van der Waals surface area contributed by atoms with Crippen molar-refractivity contribution in [2.45, 2.75) is 0 Å². The zero-order valence-electron chi connectivity index (χ0n) is 21.8. The van der Waals surface area contributed by atoms with Crippen LogP contribution < -0.4 is 0 Å². The van der Waals surface area contributed by atoms with Gasteiger partial charge in [0.05, 0.1) is 0 Å². The van der Waals surface area contributed by atoms with Crippen LogP contribution >= 0.6 is 0 Å². The molecule has 0 fully saturated rings. The molecule has 0 spiro atoms. The lowest BCUT2D eigenvalue weighted by molar-refractivity contribution is 1.33. The van der Waals surface area contributed by atoms with Crippen LogP contribution in [0.1, 0.15) is 0 Å². The molecule has 0 unspecified atom stereocenters. The number of hydrogen-bond donors (Lipinski definition) is 0. The minimum absolute atomic E-state index is 1.10. The Morgan fingerprint density at radius 3 is 1.30 bits per heavy atom. The predicted octanol–water partition coefficient (Wildman–Crippen LogP) is 10.0. The van der Waals surface area contributed by atoms with Crippen molar-refractivity contribution in [3.8, 4) is 44.5 Å². The van der Waals surface area contributed by atoms with E-state index in [2.05, 4.69) is 109 Å². The standard InChI is InChI=1S/C38H24N2/c1-3-8-25(9-4-1)29-18-31(23-39-21-29)35-20-36(32-19-30(22-40-24-32)26-10-5-2-6-11-26)34-17-15-28-13-7-12-27-14-16-33(35)38(34)37(27)28/h1-24H. The molecule has 2 heterocycles. The van der Waals surface area contributed by atoms with Crippen molar-refractivity contribution < 1.29 is 0 Å². The fraction of sp³-hybridized carbons (Fsp3) is 0. The lowest BCUT2D eigenvalue weighted by atomic mass is 9.85. The summed E-state index contributed by atoms with van der Waals surface area (Å²) in [6, 6.07) is 43.4. The second-order valence-corrected chi connectivity index (χ2v) is 10.3. The number of hydrogen-bond acceptors (Lipinski definition) is 2. The maximum absolute atomic E-state index is 4.69. The minimum Gasteiger partial charge on any atom is -0.263 e. The van der Waals surface area contributed by atoms with Crippen LogP contribution in [0.2, 0.25) is 0 Å². The number of rotatable bonds is 4. The van der Waals surface area contributed by atoms with E-state index in [1.807, 2.05) is 36.9 Å². The molecule has 0 saturated carbocycles. The van der Waals surface area contributed by atoms with Crippen molar-refractivity contribution in [3.63, 3.8) is 0 Å². The first-order chi connectivity index (χ1) is 19.8. The summed E-state index contributed by atoms with van der Waals surface area (Å²) in [6.45, 7) is 0. The van der Waals surface area contributed by atoms with E-state index in [1.165, 1.54) is 43.4 Å². The van der Waals surface area contributed by atoms with E-state index < -0.39 is 0 Å². The molecule has 40 heavy (non-hydrogen) atoms. The molecule has 0 radical (unpaired) electrons. The lowest BCUT2D eigenvalue weighted by Gasteiger charge is -2.18. The molecule has 0 aliphatic heterocycles.